The lowest BCUT2D eigenvalue weighted by molar-refractivity contribution is 0.569. The predicted octanol–water partition coefficient (Wildman–Crippen LogP) is 5.81. The number of hydrogen-bond donors (Lipinski definition) is 0. The van der Waals surface area contributed by atoms with Gasteiger partial charge in [0.1, 0.15) is 0 Å². The summed E-state index contributed by atoms with van der Waals surface area (Å²) in [6.07, 6.45) is 12.4. The molecule has 0 amide bonds. The van der Waals surface area contributed by atoms with Crippen LogP contribution in [-0.4, -0.2) is 14.8 Å². The Bertz CT molecular complexity index is 510. The highest BCUT2D eigenvalue weighted by Crippen LogP contribution is 2.25. The summed E-state index contributed by atoms with van der Waals surface area (Å²) >= 11 is 8.00. The molecule has 0 saturated heterocycles. The number of imidazole rings is 1. The first-order valence-electron chi connectivity index (χ1n) is 8.09. The van der Waals surface area contributed by atoms with Crippen molar-refractivity contribution in [1.29, 1.82) is 0 Å². The van der Waals surface area contributed by atoms with Gasteiger partial charge in [-0.3, -0.25) is 0 Å². The topological polar surface area (TPSA) is 17.8 Å². The number of hydrogen-bond acceptors (Lipinski definition) is 2. The van der Waals surface area contributed by atoms with E-state index in [9.17, 15) is 0 Å². The maximum absolute atomic E-state index is 5.95. The van der Waals surface area contributed by atoms with Crippen LogP contribution in [0.2, 0.25) is 5.02 Å². The molecule has 0 fully saturated rings. The van der Waals surface area contributed by atoms with Crippen LogP contribution in [-0.2, 0) is 12.3 Å². The van der Waals surface area contributed by atoms with Crippen LogP contribution in [0.5, 0.6) is 0 Å². The zero-order valence-corrected chi connectivity index (χ0v) is 14.8. The summed E-state index contributed by atoms with van der Waals surface area (Å²) in [5, 5.41) is 1.45. The maximum Gasteiger partial charge on any atom is 0.0946 e. The molecule has 120 valence electrons. The van der Waals surface area contributed by atoms with Crippen molar-refractivity contribution in [2.75, 3.05) is 0 Å². The maximum atomic E-state index is 5.95. The standard InChI is InChI=1S/C18H25ClN2S/c1-2-3-4-5-6-18(13-21-12-11-20-15-21)22-14-16-7-9-17(19)10-8-16/h7-12,15,18H,2-6,13-14H2,1H3. The lowest BCUT2D eigenvalue weighted by Gasteiger charge is -2.17. The molecule has 1 aromatic carbocycles. The summed E-state index contributed by atoms with van der Waals surface area (Å²) < 4.78 is 2.19. The van der Waals surface area contributed by atoms with E-state index in [1.54, 1.807) is 0 Å². The Balaban J connectivity index is 1.84. The van der Waals surface area contributed by atoms with E-state index >= 15 is 0 Å². The molecule has 1 aromatic heterocycles. The van der Waals surface area contributed by atoms with E-state index < -0.39 is 0 Å². The quantitative estimate of drug-likeness (QED) is 0.509. The fourth-order valence-electron chi connectivity index (χ4n) is 2.45. The van der Waals surface area contributed by atoms with Crippen molar-refractivity contribution in [3.05, 3.63) is 53.6 Å². The summed E-state index contributed by atoms with van der Waals surface area (Å²) in [4.78, 5) is 4.15. The van der Waals surface area contributed by atoms with Crippen LogP contribution >= 0.6 is 23.4 Å². The first-order chi connectivity index (χ1) is 10.8. The molecule has 2 rings (SSSR count). The van der Waals surface area contributed by atoms with Gasteiger partial charge in [0, 0.05) is 35.0 Å². The molecule has 22 heavy (non-hydrogen) atoms. The molecule has 2 nitrogen and oxygen atoms in total. The van der Waals surface area contributed by atoms with Gasteiger partial charge in [0.2, 0.25) is 0 Å². The van der Waals surface area contributed by atoms with E-state index in [0.29, 0.717) is 5.25 Å². The van der Waals surface area contributed by atoms with E-state index in [4.69, 9.17) is 11.6 Å². The van der Waals surface area contributed by atoms with Crippen LogP contribution in [0.4, 0.5) is 0 Å². The number of benzene rings is 1. The number of thioether (sulfide) groups is 1. The molecule has 1 heterocycles. The molecule has 0 bridgehead atoms. The minimum atomic E-state index is 0.640. The number of aromatic nitrogens is 2. The van der Waals surface area contributed by atoms with Crippen molar-refractivity contribution < 1.29 is 0 Å². The molecule has 0 aliphatic rings. The van der Waals surface area contributed by atoms with Crippen LogP contribution in [0.3, 0.4) is 0 Å². The molecule has 0 spiro atoms. The summed E-state index contributed by atoms with van der Waals surface area (Å²) in [5.41, 5.74) is 1.35. The Morgan fingerprint density at radius 2 is 2.00 bits per heavy atom. The van der Waals surface area contributed by atoms with Crippen molar-refractivity contribution in [2.45, 2.75) is 56.6 Å². The monoisotopic (exact) mass is 336 g/mol. The fourth-order valence-corrected chi connectivity index (χ4v) is 3.81. The molecule has 0 aliphatic heterocycles. The van der Waals surface area contributed by atoms with Crippen molar-refractivity contribution >= 4 is 23.4 Å². The Labute approximate surface area is 143 Å². The normalized spacial score (nSPS) is 12.5. The van der Waals surface area contributed by atoms with Gasteiger partial charge in [0.25, 0.3) is 0 Å². The minimum absolute atomic E-state index is 0.640. The second kappa shape index (κ2) is 9.96. The molecule has 0 radical (unpaired) electrons. The van der Waals surface area contributed by atoms with Gasteiger partial charge in [-0.05, 0) is 24.1 Å². The average Bonchev–Trinajstić information content (AvgIpc) is 3.03. The molecular formula is C18H25ClN2S. The van der Waals surface area contributed by atoms with Gasteiger partial charge >= 0.3 is 0 Å². The smallest absolute Gasteiger partial charge is 0.0946 e. The van der Waals surface area contributed by atoms with Crippen molar-refractivity contribution in [3.8, 4) is 0 Å². The second-order valence-electron chi connectivity index (χ2n) is 5.67. The molecule has 1 atom stereocenters. The third kappa shape index (κ3) is 6.45. The summed E-state index contributed by atoms with van der Waals surface area (Å²) in [7, 11) is 0. The van der Waals surface area contributed by atoms with E-state index in [1.165, 1.54) is 37.7 Å². The molecule has 0 N–H and O–H groups in total. The fraction of sp³-hybridized carbons (Fsp3) is 0.500. The SMILES string of the molecule is CCCCCCC(Cn1ccnc1)SCc1ccc(Cl)cc1. The Morgan fingerprint density at radius 3 is 2.68 bits per heavy atom. The zero-order chi connectivity index (χ0) is 15.6. The van der Waals surface area contributed by atoms with Crippen molar-refractivity contribution in [1.82, 2.24) is 9.55 Å². The highest BCUT2D eigenvalue weighted by atomic mass is 35.5. The van der Waals surface area contributed by atoms with Crippen LogP contribution < -0.4 is 0 Å². The van der Waals surface area contributed by atoms with Crippen molar-refractivity contribution in [2.24, 2.45) is 0 Å². The lowest BCUT2D eigenvalue weighted by atomic mass is 10.1. The first-order valence-corrected chi connectivity index (χ1v) is 9.52. The van der Waals surface area contributed by atoms with E-state index in [2.05, 4.69) is 34.8 Å². The third-order valence-electron chi connectivity index (χ3n) is 3.75. The summed E-state index contributed by atoms with van der Waals surface area (Å²) in [5.74, 6) is 1.05. The third-order valence-corrected chi connectivity index (χ3v) is 5.36. The van der Waals surface area contributed by atoms with E-state index in [0.717, 1.165) is 17.3 Å². The van der Waals surface area contributed by atoms with E-state index in [1.807, 2.05) is 36.4 Å². The zero-order valence-electron chi connectivity index (χ0n) is 13.2. The summed E-state index contributed by atoms with van der Waals surface area (Å²) in [6, 6.07) is 8.20. The lowest BCUT2D eigenvalue weighted by Crippen LogP contribution is -2.12. The molecule has 0 saturated carbocycles. The highest BCUT2D eigenvalue weighted by Gasteiger charge is 2.10. The van der Waals surface area contributed by atoms with Crippen LogP contribution in [0.25, 0.3) is 0 Å². The van der Waals surface area contributed by atoms with Gasteiger partial charge in [-0.25, -0.2) is 4.98 Å². The molecule has 2 aromatic rings. The number of unbranched alkanes of at least 4 members (excludes halogenated alkanes) is 3. The van der Waals surface area contributed by atoms with E-state index in [-0.39, 0.29) is 0 Å². The minimum Gasteiger partial charge on any atom is -0.336 e. The highest BCUT2D eigenvalue weighted by molar-refractivity contribution is 7.99. The van der Waals surface area contributed by atoms with Gasteiger partial charge in [0.05, 0.1) is 6.33 Å². The molecular weight excluding hydrogens is 312 g/mol. The largest absolute Gasteiger partial charge is 0.336 e. The number of nitrogens with zero attached hydrogens (tertiary/aromatic N) is 2. The Kier molecular flexibility index (Phi) is 7.89. The second-order valence-corrected chi connectivity index (χ2v) is 7.39. The van der Waals surface area contributed by atoms with Crippen LogP contribution in [0.1, 0.15) is 44.6 Å². The van der Waals surface area contributed by atoms with Crippen LogP contribution in [0, 0.1) is 0 Å². The molecule has 1 unspecified atom stereocenters. The van der Waals surface area contributed by atoms with Gasteiger partial charge in [-0.2, -0.15) is 11.8 Å². The van der Waals surface area contributed by atoms with Gasteiger partial charge in [0.15, 0.2) is 0 Å². The first kappa shape index (κ1) is 17.4. The molecule has 4 heteroatoms. The Morgan fingerprint density at radius 1 is 1.18 bits per heavy atom. The predicted molar refractivity (Wildman–Crippen MR) is 97.5 cm³/mol. The molecule has 0 aliphatic carbocycles. The Hall–Kier alpha value is -0.930. The van der Waals surface area contributed by atoms with Crippen LogP contribution in [0.15, 0.2) is 43.0 Å². The van der Waals surface area contributed by atoms with Gasteiger partial charge < -0.3 is 4.57 Å². The summed E-state index contributed by atoms with van der Waals surface area (Å²) in [6.45, 7) is 3.31. The van der Waals surface area contributed by atoms with Crippen molar-refractivity contribution in [3.63, 3.8) is 0 Å². The van der Waals surface area contributed by atoms with Gasteiger partial charge in [-0.1, -0.05) is 56.3 Å². The number of halogens is 1. The number of rotatable bonds is 10. The van der Waals surface area contributed by atoms with Gasteiger partial charge in [-0.15, -0.1) is 0 Å². The average molecular weight is 337 g/mol.